The van der Waals surface area contributed by atoms with E-state index in [1.165, 1.54) is 18.2 Å². The number of hydrogen-bond acceptors (Lipinski definition) is 6. The molecule has 0 radical (unpaired) electrons. The van der Waals surface area contributed by atoms with Crippen molar-refractivity contribution in [2.45, 2.75) is 24.6 Å². The topological polar surface area (TPSA) is 59.5 Å². The van der Waals surface area contributed by atoms with Crippen molar-refractivity contribution in [3.8, 4) is 11.6 Å². The van der Waals surface area contributed by atoms with Gasteiger partial charge in [0.15, 0.2) is 5.69 Å². The minimum atomic E-state index is -4.67. The highest BCUT2D eigenvalue weighted by molar-refractivity contribution is 5.85. The van der Waals surface area contributed by atoms with E-state index >= 15 is 0 Å². The van der Waals surface area contributed by atoms with Crippen LogP contribution in [0.15, 0.2) is 30.3 Å². The number of nitrogens with one attached hydrogen (secondary N) is 1. The largest absolute Gasteiger partial charge is 0.439 e. The van der Waals surface area contributed by atoms with Crippen LogP contribution in [0.5, 0.6) is 11.6 Å². The van der Waals surface area contributed by atoms with Crippen molar-refractivity contribution in [1.29, 1.82) is 0 Å². The lowest BCUT2D eigenvalue weighted by Gasteiger charge is -2.45. The molecule has 0 atom stereocenters. The van der Waals surface area contributed by atoms with Crippen molar-refractivity contribution in [2.24, 2.45) is 0 Å². The number of benzene rings is 1. The number of nitrogens with zero attached hydrogens (tertiary/aromatic N) is 3. The summed E-state index contributed by atoms with van der Waals surface area (Å²) in [5.41, 5.74) is -1.54. The summed E-state index contributed by atoms with van der Waals surface area (Å²) in [6.45, 7) is 2.71. The Hall–Kier alpha value is -2.17. The number of anilines is 1. The van der Waals surface area contributed by atoms with Crippen LogP contribution in [0.1, 0.15) is 18.5 Å². The number of hydrogen-bond donors (Lipinski definition) is 1. The van der Waals surface area contributed by atoms with Crippen LogP contribution in [-0.2, 0) is 10.9 Å². The van der Waals surface area contributed by atoms with E-state index in [0.717, 1.165) is 38.1 Å². The number of morpholine rings is 1. The molecule has 0 amide bonds. The van der Waals surface area contributed by atoms with E-state index in [2.05, 4.69) is 15.3 Å². The molecular formula is C19H21ClF4N4O2. The second-order valence-electron chi connectivity index (χ2n) is 7.15. The molecule has 0 aliphatic carbocycles. The average molecular weight is 449 g/mol. The summed E-state index contributed by atoms with van der Waals surface area (Å²) in [6, 6.07) is 5.85. The quantitative estimate of drug-likeness (QED) is 0.721. The Morgan fingerprint density at radius 2 is 1.90 bits per heavy atom. The summed E-state index contributed by atoms with van der Waals surface area (Å²) in [4.78, 5) is 9.60. The predicted octanol–water partition coefficient (Wildman–Crippen LogP) is 3.81. The van der Waals surface area contributed by atoms with Gasteiger partial charge in [0.05, 0.1) is 18.8 Å². The van der Waals surface area contributed by atoms with E-state index in [-0.39, 0.29) is 30.0 Å². The first kappa shape index (κ1) is 22.5. The Morgan fingerprint density at radius 3 is 2.60 bits per heavy atom. The Morgan fingerprint density at radius 1 is 1.13 bits per heavy atom. The molecule has 2 aromatic rings. The second-order valence-corrected chi connectivity index (χ2v) is 7.15. The third-order valence-electron chi connectivity index (χ3n) is 5.05. The molecule has 4 rings (SSSR count). The predicted molar refractivity (Wildman–Crippen MR) is 104 cm³/mol. The van der Waals surface area contributed by atoms with E-state index in [9.17, 15) is 17.6 Å². The van der Waals surface area contributed by atoms with Crippen molar-refractivity contribution < 1.29 is 27.0 Å². The number of aromatic nitrogens is 2. The molecule has 1 spiro atoms. The molecule has 6 nitrogen and oxygen atoms in total. The number of rotatable bonds is 3. The normalized spacial score (nSPS) is 18.7. The first-order valence-electron chi connectivity index (χ1n) is 9.32. The molecule has 2 aliphatic heterocycles. The first-order valence-corrected chi connectivity index (χ1v) is 9.32. The van der Waals surface area contributed by atoms with Crippen LogP contribution < -0.4 is 15.0 Å². The van der Waals surface area contributed by atoms with Gasteiger partial charge in [-0.3, -0.25) is 0 Å². The van der Waals surface area contributed by atoms with Gasteiger partial charge in [0.1, 0.15) is 11.6 Å². The average Bonchev–Trinajstić information content (AvgIpc) is 2.68. The van der Waals surface area contributed by atoms with Crippen molar-refractivity contribution >= 4 is 18.4 Å². The maximum absolute atomic E-state index is 13.4. The van der Waals surface area contributed by atoms with Gasteiger partial charge in [-0.1, -0.05) is 6.07 Å². The molecule has 0 unspecified atom stereocenters. The van der Waals surface area contributed by atoms with Crippen LogP contribution in [-0.4, -0.2) is 48.4 Å². The summed E-state index contributed by atoms with van der Waals surface area (Å²) in [5.74, 6) is -0.875. The zero-order valence-electron chi connectivity index (χ0n) is 15.9. The lowest BCUT2D eigenvalue weighted by atomic mass is 9.90. The smallest absolute Gasteiger partial charge is 0.433 e. The fourth-order valence-corrected chi connectivity index (χ4v) is 3.60. The van der Waals surface area contributed by atoms with Crippen LogP contribution in [0.3, 0.4) is 0 Å². The van der Waals surface area contributed by atoms with Crippen molar-refractivity contribution in [1.82, 2.24) is 15.3 Å². The lowest BCUT2D eigenvalue weighted by molar-refractivity contribution is -0.141. The molecule has 0 bridgehead atoms. The standard InChI is InChI=1S/C19H20F4N4O2.ClH/c20-13-2-1-3-14(10-13)29-16-11-15(19(21,22)23)25-17(26-16)27-8-9-28-18(12-27)4-6-24-7-5-18;/h1-3,10-11,24H,4-9,12H2;1H. The third-order valence-corrected chi connectivity index (χ3v) is 5.05. The first-order chi connectivity index (χ1) is 13.8. The maximum atomic E-state index is 13.4. The Balaban J connectivity index is 0.00000256. The van der Waals surface area contributed by atoms with Crippen LogP contribution in [0, 0.1) is 5.82 Å². The minimum Gasteiger partial charge on any atom is -0.439 e. The van der Waals surface area contributed by atoms with Gasteiger partial charge >= 0.3 is 6.18 Å². The van der Waals surface area contributed by atoms with E-state index in [4.69, 9.17) is 9.47 Å². The molecule has 2 saturated heterocycles. The van der Waals surface area contributed by atoms with Crippen LogP contribution in [0.2, 0.25) is 0 Å². The molecule has 1 N–H and O–H groups in total. The van der Waals surface area contributed by atoms with E-state index in [1.807, 2.05) is 0 Å². The van der Waals surface area contributed by atoms with Gasteiger partial charge in [-0.05, 0) is 38.1 Å². The number of ether oxygens (including phenoxy) is 2. The number of halogens is 5. The zero-order chi connectivity index (χ0) is 20.5. The van der Waals surface area contributed by atoms with Gasteiger partial charge < -0.3 is 19.7 Å². The molecule has 164 valence electrons. The lowest BCUT2D eigenvalue weighted by Crippen LogP contribution is -2.56. The number of piperidine rings is 1. The third kappa shape index (κ3) is 5.11. The fourth-order valence-electron chi connectivity index (χ4n) is 3.60. The highest BCUT2D eigenvalue weighted by Crippen LogP contribution is 2.34. The monoisotopic (exact) mass is 448 g/mol. The van der Waals surface area contributed by atoms with E-state index in [0.29, 0.717) is 19.7 Å². The van der Waals surface area contributed by atoms with Crippen molar-refractivity contribution in [3.63, 3.8) is 0 Å². The van der Waals surface area contributed by atoms with E-state index < -0.39 is 23.3 Å². The van der Waals surface area contributed by atoms with Gasteiger partial charge in [0.2, 0.25) is 11.8 Å². The Kier molecular flexibility index (Phi) is 6.68. The molecule has 11 heteroatoms. The summed E-state index contributed by atoms with van der Waals surface area (Å²) in [5, 5.41) is 3.25. The van der Waals surface area contributed by atoms with Gasteiger partial charge in [0.25, 0.3) is 0 Å². The molecule has 3 heterocycles. The van der Waals surface area contributed by atoms with Gasteiger partial charge in [-0.25, -0.2) is 9.37 Å². The molecular weight excluding hydrogens is 428 g/mol. The van der Waals surface area contributed by atoms with Crippen molar-refractivity contribution in [3.05, 3.63) is 41.8 Å². The summed E-state index contributed by atoms with van der Waals surface area (Å²) in [6.07, 6.45) is -3.15. The minimum absolute atomic E-state index is 0. The molecule has 30 heavy (non-hydrogen) atoms. The van der Waals surface area contributed by atoms with Crippen LogP contribution in [0.25, 0.3) is 0 Å². The fraction of sp³-hybridized carbons (Fsp3) is 0.474. The van der Waals surface area contributed by atoms with E-state index in [1.54, 1.807) is 4.90 Å². The molecule has 0 saturated carbocycles. The number of alkyl halides is 3. The molecule has 2 fully saturated rings. The summed E-state index contributed by atoms with van der Waals surface area (Å²) >= 11 is 0. The SMILES string of the molecule is Cl.Fc1cccc(Oc2cc(C(F)(F)F)nc(N3CCOC4(CCNCC4)C3)n2)c1. The highest BCUT2D eigenvalue weighted by Gasteiger charge is 2.40. The Bertz CT molecular complexity index is 872. The highest BCUT2D eigenvalue weighted by atomic mass is 35.5. The van der Waals surface area contributed by atoms with Crippen LogP contribution in [0.4, 0.5) is 23.5 Å². The molecule has 1 aromatic carbocycles. The van der Waals surface area contributed by atoms with Crippen LogP contribution >= 0.6 is 12.4 Å². The van der Waals surface area contributed by atoms with Gasteiger partial charge in [-0.2, -0.15) is 18.2 Å². The zero-order valence-corrected chi connectivity index (χ0v) is 16.7. The summed E-state index contributed by atoms with van der Waals surface area (Å²) in [7, 11) is 0. The maximum Gasteiger partial charge on any atom is 0.433 e. The summed E-state index contributed by atoms with van der Waals surface area (Å²) < 4.78 is 65.0. The van der Waals surface area contributed by atoms with Crippen molar-refractivity contribution in [2.75, 3.05) is 37.7 Å². The second kappa shape index (κ2) is 8.91. The molecule has 2 aliphatic rings. The molecule has 1 aromatic heterocycles. The Labute approximate surface area is 177 Å². The van der Waals surface area contributed by atoms with Gasteiger partial charge in [-0.15, -0.1) is 12.4 Å². The van der Waals surface area contributed by atoms with Gasteiger partial charge in [0, 0.05) is 18.7 Å².